The molecular formula is C24H27ClO2Si. The van der Waals surface area contributed by atoms with E-state index in [0.29, 0.717) is 11.6 Å². The standard InChI is InChI=1S/C24H27ClO2Si/c1-24(2,3)28(22-10-6-4-7-11-22,23-12-8-5-9-13-23)27-18-20-14-19(17-26)15-21(25)16-20/h4-16,26H,17-18H2,1-3H3. The van der Waals surface area contributed by atoms with Crippen molar-refractivity contribution in [3.8, 4) is 0 Å². The van der Waals surface area contributed by atoms with Gasteiger partial charge in [-0.1, -0.05) is 99.1 Å². The molecule has 3 aromatic carbocycles. The van der Waals surface area contributed by atoms with E-state index in [1.54, 1.807) is 6.07 Å². The predicted octanol–water partition coefficient (Wildman–Crippen LogP) is 4.91. The van der Waals surface area contributed by atoms with Gasteiger partial charge in [-0.2, -0.15) is 0 Å². The molecule has 3 aromatic rings. The Morgan fingerprint density at radius 1 is 0.821 bits per heavy atom. The number of aliphatic hydroxyl groups excluding tert-OH is 1. The quantitative estimate of drug-likeness (QED) is 0.585. The molecule has 0 amide bonds. The van der Waals surface area contributed by atoms with Crippen molar-refractivity contribution < 1.29 is 9.53 Å². The molecule has 0 fully saturated rings. The molecule has 2 nitrogen and oxygen atoms in total. The van der Waals surface area contributed by atoms with Crippen LogP contribution in [0.2, 0.25) is 10.1 Å². The van der Waals surface area contributed by atoms with E-state index >= 15 is 0 Å². The molecule has 0 radical (unpaired) electrons. The first-order valence-electron chi connectivity index (χ1n) is 9.51. The van der Waals surface area contributed by atoms with Crippen LogP contribution in [0.5, 0.6) is 0 Å². The van der Waals surface area contributed by atoms with E-state index in [9.17, 15) is 5.11 Å². The van der Waals surface area contributed by atoms with Gasteiger partial charge in [0, 0.05) is 5.02 Å². The summed E-state index contributed by atoms with van der Waals surface area (Å²) in [6.07, 6.45) is 0. The second-order valence-electron chi connectivity index (χ2n) is 8.08. The summed E-state index contributed by atoms with van der Waals surface area (Å²) in [6.45, 7) is 7.19. The fourth-order valence-electron chi connectivity index (χ4n) is 3.85. The minimum atomic E-state index is -2.58. The fourth-order valence-corrected chi connectivity index (χ4v) is 8.66. The molecule has 28 heavy (non-hydrogen) atoms. The zero-order valence-corrected chi connectivity index (χ0v) is 18.4. The minimum Gasteiger partial charge on any atom is -0.403 e. The normalized spacial score (nSPS) is 12.2. The third-order valence-corrected chi connectivity index (χ3v) is 10.3. The van der Waals surface area contributed by atoms with Gasteiger partial charge in [0.05, 0.1) is 13.2 Å². The highest BCUT2D eigenvalue weighted by molar-refractivity contribution is 6.99. The fraction of sp³-hybridized carbons (Fsp3) is 0.250. The second-order valence-corrected chi connectivity index (χ2v) is 12.8. The molecule has 3 rings (SSSR count). The Morgan fingerprint density at radius 3 is 1.79 bits per heavy atom. The van der Waals surface area contributed by atoms with E-state index < -0.39 is 8.32 Å². The first kappa shape index (κ1) is 20.8. The van der Waals surface area contributed by atoms with E-state index in [2.05, 4.69) is 69.3 Å². The van der Waals surface area contributed by atoms with E-state index in [1.807, 2.05) is 24.3 Å². The molecule has 0 unspecified atom stereocenters. The lowest BCUT2D eigenvalue weighted by Gasteiger charge is -2.43. The lowest BCUT2D eigenvalue weighted by molar-refractivity contribution is 0.277. The van der Waals surface area contributed by atoms with Gasteiger partial charge < -0.3 is 9.53 Å². The number of hydrogen-bond donors (Lipinski definition) is 1. The van der Waals surface area contributed by atoms with Crippen LogP contribution in [-0.2, 0) is 17.6 Å². The van der Waals surface area contributed by atoms with E-state index in [4.69, 9.17) is 16.0 Å². The van der Waals surface area contributed by atoms with Crippen LogP contribution in [0.3, 0.4) is 0 Å². The lowest BCUT2D eigenvalue weighted by Crippen LogP contribution is -2.66. The Hall–Kier alpha value is -1.91. The molecule has 0 bridgehead atoms. The van der Waals surface area contributed by atoms with Crippen molar-refractivity contribution in [3.05, 3.63) is 95.0 Å². The van der Waals surface area contributed by atoms with Gasteiger partial charge in [0.15, 0.2) is 0 Å². The van der Waals surface area contributed by atoms with Gasteiger partial charge in [0.2, 0.25) is 0 Å². The van der Waals surface area contributed by atoms with Gasteiger partial charge in [-0.25, -0.2) is 0 Å². The van der Waals surface area contributed by atoms with Crippen LogP contribution in [0.1, 0.15) is 31.9 Å². The van der Waals surface area contributed by atoms with Crippen molar-refractivity contribution in [3.63, 3.8) is 0 Å². The predicted molar refractivity (Wildman–Crippen MR) is 120 cm³/mol. The van der Waals surface area contributed by atoms with Gasteiger partial charge in [-0.05, 0) is 38.7 Å². The Bertz CT molecular complexity index is 865. The monoisotopic (exact) mass is 410 g/mol. The first-order valence-corrected chi connectivity index (χ1v) is 11.8. The SMILES string of the molecule is CC(C)(C)[Si](OCc1cc(Cl)cc(CO)c1)(c1ccccc1)c1ccccc1. The summed E-state index contributed by atoms with van der Waals surface area (Å²) in [5.41, 5.74) is 1.78. The zero-order chi connectivity index (χ0) is 20.2. The van der Waals surface area contributed by atoms with Crippen LogP contribution in [0.4, 0.5) is 0 Å². The summed E-state index contributed by atoms with van der Waals surface area (Å²) in [5, 5.41) is 12.5. The third kappa shape index (κ3) is 4.23. The molecule has 4 heteroatoms. The topological polar surface area (TPSA) is 29.5 Å². The largest absolute Gasteiger partial charge is 0.403 e. The molecule has 0 aliphatic heterocycles. The molecule has 0 aliphatic rings. The maximum Gasteiger partial charge on any atom is 0.261 e. The highest BCUT2D eigenvalue weighted by atomic mass is 35.5. The van der Waals surface area contributed by atoms with Gasteiger partial charge >= 0.3 is 0 Å². The van der Waals surface area contributed by atoms with Gasteiger partial charge in [0.1, 0.15) is 0 Å². The smallest absolute Gasteiger partial charge is 0.261 e. The number of benzene rings is 3. The van der Waals surface area contributed by atoms with Crippen molar-refractivity contribution in [2.24, 2.45) is 0 Å². The summed E-state index contributed by atoms with van der Waals surface area (Å²) in [6, 6.07) is 26.8. The molecule has 0 saturated heterocycles. The lowest BCUT2D eigenvalue weighted by atomic mass is 10.1. The number of rotatable bonds is 6. The molecule has 146 valence electrons. The highest BCUT2D eigenvalue weighted by Gasteiger charge is 2.50. The minimum absolute atomic E-state index is 0.0349. The van der Waals surface area contributed by atoms with Gasteiger partial charge in [-0.3, -0.25) is 0 Å². The van der Waals surface area contributed by atoms with Gasteiger partial charge in [0.25, 0.3) is 8.32 Å². The van der Waals surface area contributed by atoms with Crippen molar-refractivity contribution in [2.75, 3.05) is 0 Å². The number of halogens is 1. The average Bonchev–Trinajstić information content (AvgIpc) is 2.68. The number of hydrogen-bond acceptors (Lipinski definition) is 2. The summed E-state index contributed by atoms with van der Waals surface area (Å²) < 4.78 is 6.91. The first-order chi connectivity index (χ1) is 13.4. The van der Waals surface area contributed by atoms with Crippen LogP contribution < -0.4 is 10.4 Å². The third-order valence-electron chi connectivity index (χ3n) is 5.07. The van der Waals surface area contributed by atoms with Crippen molar-refractivity contribution in [1.82, 2.24) is 0 Å². The Kier molecular flexibility index (Phi) is 6.41. The van der Waals surface area contributed by atoms with Crippen molar-refractivity contribution in [1.29, 1.82) is 0 Å². The van der Waals surface area contributed by atoms with E-state index in [-0.39, 0.29) is 11.6 Å². The average molecular weight is 411 g/mol. The molecule has 0 atom stereocenters. The highest BCUT2D eigenvalue weighted by Crippen LogP contribution is 2.37. The summed E-state index contributed by atoms with van der Waals surface area (Å²) in [5.74, 6) is 0. The maximum absolute atomic E-state index is 9.51. The summed E-state index contributed by atoms with van der Waals surface area (Å²) in [7, 11) is -2.58. The van der Waals surface area contributed by atoms with Crippen LogP contribution in [0.25, 0.3) is 0 Å². The molecule has 0 saturated carbocycles. The van der Waals surface area contributed by atoms with Crippen molar-refractivity contribution in [2.45, 2.75) is 39.0 Å². The summed E-state index contributed by atoms with van der Waals surface area (Å²) in [4.78, 5) is 0. The molecule has 0 heterocycles. The molecule has 1 N–H and O–H groups in total. The van der Waals surface area contributed by atoms with Crippen molar-refractivity contribution >= 4 is 30.3 Å². The maximum atomic E-state index is 9.51. The molecule has 0 aromatic heterocycles. The molecule has 0 spiro atoms. The van der Waals surface area contributed by atoms with E-state index in [1.165, 1.54) is 10.4 Å². The molecule has 0 aliphatic carbocycles. The molecular weight excluding hydrogens is 384 g/mol. The summed E-state index contributed by atoms with van der Waals surface area (Å²) >= 11 is 6.25. The van der Waals surface area contributed by atoms with Crippen LogP contribution in [0, 0.1) is 0 Å². The van der Waals surface area contributed by atoms with Crippen LogP contribution in [-0.4, -0.2) is 13.4 Å². The van der Waals surface area contributed by atoms with Crippen LogP contribution >= 0.6 is 11.6 Å². The van der Waals surface area contributed by atoms with Gasteiger partial charge in [-0.15, -0.1) is 0 Å². The van der Waals surface area contributed by atoms with E-state index in [0.717, 1.165) is 11.1 Å². The van der Waals surface area contributed by atoms with Crippen LogP contribution in [0.15, 0.2) is 78.9 Å². The number of aliphatic hydroxyl groups is 1. The zero-order valence-electron chi connectivity index (χ0n) is 16.7. The second kappa shape index (κ2) is 8.62. The Labute approximate surface area is 173 Å². The Balaban J connectivity index is 2.10. The Morgan fingerprint density at radius 2 is 1.32 bits per heavy atom.